The van der Waals surface area contributed by atoms with E-state index in [-0.39, 0.29) is 0 Å². The minimum absolute atomic E-state index is 0.463. The molecule has 1 aromatic rings. The summed E-state index contributed by atoms with van der Waals surface area (Å²) in [5.41, 5.74) is 2.37. The van der Waals surface area contributed by atoms with Crippen LogP contribution in [-0.4, -0.2) is 36.1 Å². The molecule has 1 fully saturated rings. The van der Waals surface area contributed by atoms with E-state index in [4.69, 9.17) is 4.74 Å². The third-order valence-electron chi connectivity index (χ3n) is 3.77. The zero-order chi connectivity index (χ0) is 13.1. The Labute approximate surface area is 117 Å². The fourth-order valence-electron chi connectivity index (χ4n) is 2.65. The molecule has 4 nitrogen and oxygen atoms in total. The highest BCUT2D eigenvalue weighted by atomic mass is 79.9. The molecule has 1 aromatic heterocycles. The summed E-state index contributed by atoms with van der Waals surface area (Å²) in [6.07, 6.45) is 2.15. The maximum atomic E-state index is 5.50. The van der Waals surface area contributed by atoms with Crippen molar-refractivity contribution in [1.29, 1.82) is 0 Å². The summed E-state index contributed by atoms with van der Waals surface area (Å²) in [6, 6.07) is 0.463. The fraction of sp³-hybridized carbons (Fsp3) is 0.769. The molecular formula is C13H22BrN3O. The van der Waals surface area contributed by atoms with Crippen LogP contribution in [0.1, 0.15) is 24.7 Å². The summed E-state index contributed by atoms with van der Waals surface area (Å²) in [5, 5.41) is 7.99. The lowest BCUT2D eigenvalue weighted by atomic mass is 9.95. The van der Waals surface area contributed by atoms with Crippen molar-refractivity contribution >= 4 is 15.9 Å². The molecule has 1 aliphatic heterocycles. The Bertz CT molecular complexity index is 399. The van der Waals surface area contributed by atoms with E-state index in [9.17, 15) is 0 Å². The Morgan fingerprint density at radius 3 is 2.94 bits per heavy atom. The predicted octanol–water partition coefficient (Wildman–Crippen LogP) is 2.14. The topological polar surface area (TPSA) is 39.1 Å². The molecule has 0 radical (unpaired) electrons. The first kappa shape index (κ1) is 14.0. The summed E-state index contributed by atoms with van der Waals surface area (Å²) in [4.78, 5) is 0. The van der Waals surface area contributed by atoms with Crippen LogP contribution in [0.2, 0.25) is 0 Å². The Kier molecular flexibility index (Phi) is 4.81. The molecule has 0 aromatic carbocycles. The molecule has 0 aliphatic carbocycles. The number of likely N-dealkylation sites (N-methyl/N-ethyl adjacent to an activating group) is 1. The van der Waals surface area contributed by atoms with Crippen LogP contribution in [0.4, 0.5) is 0 Å². The average molecular weight is 316 g/mol. The molecule has 18 heavy (non-hydrogen) atoms. The van der Waals surface area contributed by atoms with Gasteiger partial charge >= 0.3 is 0 Å². The Morgan fingerprint density at radius 1 is 1.61 bits per heavy atom. The summed E-state index contributed by atoms with van der Waals surface area (Å²) >= 11 is 3.67. The maximum absolute atomic E-state index is 5.50. The van der Waals surface area contributed by atoms with Gasteiger partial charge in [0.15, 0.2) is 0 Å². The summed E-state index contributed by atoms with van der Waals surface area (Å²) in [7, 11) is 2.04. The molecular weight excluding hydrogens is 294 g/mol. The maximum Gasteiger partial charge on any atom is 0.0738 e. The van der Waals surface area contributed by atoms with E-state index >= 15 is 0 Å². The lowest BCUT2D eigenvalue weighted by molar-refractivity contribution is 0.177. The van der Waals surface area contributed by atoms with Gasteiger partial charge in [0.1, 0.15) is 0 Å². The van der Waals surface area contributed by atoms with Crippen LogP contribution in [0, 0.1) is 12.8 Å². The summed E-state index contributed by atoms with van der Waals surface area (Å²) in [5.74, 6) is 0.613. The molecule has 5 heteroatoms. The number of aromatic nitrogens is 2. The Balaban J connectivity index is 2.15. The zero-order valence-corrected chi connectivity index (χ0v) is 13.0. The van der Waals surface area contributed by atoms with E-state index in [0.717, 1.165) is 42.8 Å². The SMILES string of the molecule is CCn1nc(C)c(Br)c1CC(NC)C1CCOC1. The molecule has 2 unspecified atom stereocenters. The van der Waals surface area contributed by atoms with E-state index < -0.39 is 0 Å². The van der Waals surface area contributed by atoms with Gasteiger partial charge in [0.05, 0.1) is 22.5 Å². The van der Waals surface area contributed by atoms with Gasteiger partial charge in [-0.2, -0.15) is 5.10 Å². The molecule has 2 atom stereocenters. The summed E-state index contributed by atoms with van der Waals surface area (Å²) in [6.45, 7) is 6.88. The highest BCUT2D eigenvalue weighted by molar-refractivity contribution is 9.10. The van der Waals surface area contributed by atoms with Gasteiger partial charge in [-0.15, -0.1) is 0 Å². The molecule has 102 valence electrons. The number of ether oxygens (including phenoxy) is 1. The van der Waals surface area contributed by atoms with Crippen molar-refractivity contribution in [1.82, 2.24) is 15.1 Å². The van der Waals surface area contributed by atoms with Gasteiger partial charge in [0.2, 0.25) is 0 Å². The van der Waals surface area contributed by atoms with E-state index in [0.29, 0.717) is 12.0 Å². The molecule has 1 N–H and O–H groups in total. The predicted molar refractivity (Wildman–Crippen MR) is 75.8 cm³/mol. The van der Waals surface area contributed by atoms with Crippen molar-refractivity contribution in [2.45, 2.75) is 39.3 Å². The second kappa shape index (κ2) is 6.17. The van der Waals surface area contributed by atoms with Crippen molar-refractivity contribution in [3.63, 3.8) is 0 Å². The summed E-state index contributed by atoms with van der Waals surface area (Å²) < 4.78 is 8.75. The highest BCUT2D eigenvalue weighted by Gasteiger charge is 2.27. The Morgan fingerprint density at radius 2 is 2.39 bits per heavy atom. The van der Waals surface area contributed by atoms with Crippen molar-refractivity contribution in [2.75, 3.05) is 20.3 Å². The average Bonchev–Trinajstić information content (AvgIpc) is 2.98. The standard InChI is InChI=1S/C13H22BrN3O/c1-4-17-12(13(14)9(2)16-17)7-11(15-3)10-5-6-18-8-10/h10-11,15H,4-8H2,1-3H3. The van der Waals surface area contributed by atoms with Crippen LogP contribution in [-0.2, 0) is 17.7 Å². The van der Waals surface area contributed by atoms with Crippen LogP contribution in [0.15, 0.2) is 4.47 Å². The highest BCUT2D eigenvalue weighted by Crippen LogP contribution is 2.26. The van der Waals surface area contributed by atoms with Gasteiger partial charge in [0.25, 0.3) is 0 Å². The minimum atomic E-state index is 0.463. The lowest BCUT2D eigenvalue weighted by Gasteiger charge is -2.22. The van der Waals surface area contributed by atoms with Gasteiger partial charge in [-0.25, -0.2) is 0 Å². The van der Waals surface area contributed by atoms with Crippen LogP contribution in [0.3, 0.4) is 0 Å². The largest absolute Gasteiger partial charge is 0.381 e. The smallest absolute Gasteiger partial charge is 0.0738 e. The van der Waals surface area contributed by atoms with Gasteiger partial charge in [-0.05, 0) is 43.2 Å². The first-order valence-corrected chi connectivity index (χ1v) is 7.43. The molecule has 0 spiro atoms. The van der Waals surface area contributed by atoms with Crippen LogP contribution < -0.4 is 5.32 Å². The third kappa shape index (κ3) is 2.78. The van der Waals surface area contributed by atoms with Crippen LogP contribution >= 0.6 is 15.9 Å². The monoisotopic (exact) mass is 315 g/mol. The van der Waals surface area contributed by atoms with Gasteiger partial charge < -0.3 is 10.1 Å². The molecule has 0 saturated carbocycles. The van der Waals surface area contributed by atoms with Gasteiger partial charge in [-0.1, -0.05) is 0 Å². The molecule has 1 aliphatic rings. The number of nitrogens with zero attached hydrogens (tertiary/aromatic N) is 2. The zero-order valence-electron chi connectivity index (χ0n) is 11.4. The quantitative estimate of drug-likeness (QED) is 0.905. The van der Waals surface area contributed by atoms with E-state index in [1.165, 1.54) is 5.69 Å². The molecule has 2 heterocycles. The van der Waals surface area contributed by atoms with Crippen LogP contribution in [0.5, 0.6) is 0 Å². The van der Waals surface area contributed by atoms with Gasteiger partial charge in [0, 0.05) is 31.5 Å². The van der Waals surface area contributed by atoms with Crippen molar-refractivity contribution in [2.24, 2.45) is 5.92 Å². The second-order valence-electron chi connectivity index (χ2n) is 4.88. The number of aryl methyl sites for hydroxylation is 2. The van der Waals surface area contributed by atoms with E-state index in [2.05, 4.69) is 38.0 Å². The minimum Gasteiger partial charge on any atom is -0.381 e. The normalized spacial score (nSPS) is 21.4. The fourth-order valence-corrected chi connectivity index (χ4v) is 3.09. The first-order valence-electron chi connectivity index (χ1n) is 6.64. The van der Waals surface area contributed by atoms with E-state index in [1.54, 1.807) is 0 Å². The number of hydrogen-bond acceptors (Lipinski definition) is 3. The van der Waals surface area contributed by atoms with Gasteiger partial charge in [-0.3, -0.25) is 4.68 Å². The third-order valence-corrected chi connectivity index (χ3v) is 4.80. The second-order valence-corrected chi connectivity index (χ2v) is 5.68. The number of nitrogens with one attached hydrogen (secondary N) is 1. The van der Waals surface area contributed by atoms with Crippen molar-refractivity contribution < 1.29 is 4.74 Å². The molecule has 2 rings (SSSR count). The first-order chi connectivity index (χ1) is 8.67. The van der Waals surface area contributed by atoms with Crippen LogP contribution in [0.25, 0.3) is 0 Å². The van der Waals surface area contributed by atoms with Crippen molar-refractivity contribution in [3.05, 3.63) is 15.9 Å². The lowest BCUT2D eigenvalue weighted by Crippen LogP contribution is -2.36. The Hall–Kier alpha value is -0.390. The number of hydrogen-bond donors (Lipinski definition) is 1. The van der Waals surface area contributed by atoms with Crippen molar-refractivity contribution in [3.8, 4) is 0 Å². The number of rotatable bonds is 5. The number of halogens is 1. The van der Waals surface area contributed by atoms with E-state index in [1.807, 2.05) is 14.0 Å². The molecule has 1 saturated heterocycles. The molecule has 0 amide bonds. The molecule has 0 bridgehead atoms.